The second kappa shape index (κ2) is 11.8. The molecule has 35 heavy (non-hydrogen) atoms. The molecule has 0 radical (unpaired) electrons. The monoisotopic (exact) mass is 472 g/mol. The lowest BCUT2D eigenvalue weighted by Crippen LogP contribution is -2.31. The highest BCUT2D eigenvalue weighted by Gasteiger charge is 2.14. The van der Waals surface area contributed by atoms with Gasteiger partial charge in [0.25, 0.3) is 11.8 Å². The van der Waals surface area contributed by atoms with Crippen LogP contribution in [0.15, 0.2) is 91.0 Å². The molecule has 0 heterocycles. The Hall–Kier alpha value is -4.23. The van der Waals surface area contributed by atoms with Crippen LogP contribution in [0.1, 0.15) is 15.9 Å². The zero-order valence-corrected chi connectivity index (χ0v) is 19.0. The molecule has 0 bridgehead atoms. The molecule has 7 heteroatoms. The van der Waals surface area contributed by atoms with Crippen molar-refractivity contribution in [1.82, 2.24) is 5.32 Å². The third-order valence-electron chi connectivity index (χ3n) is 5.25. The van der Waals surface area contributed by atoms with Gasteiger partial charge in [0.2, 0.25) is 0 Å². The van der Waals surface area contributed by atoms with E-state index >= 15 is 0 Å². The average molecular weight is 473 g/mol. The van der Waals surface area contributed by atoms with E-state index in [0.717, 1.165) is 5.56 Å². The van der Waals surface area contributed by atoms with E-state index < -0.39 is 5.82 Å². The van der Waals surface area contributed by atoms with Crippen molar-refractivity contribution in [1.29, 1.82) is 0 Å². The summed E-state index contributed by atoms with van der Waals surface area (Å²) in [4.78, 5) is 25.0. The summed E-state index contributed by atoms with van der Waals surface area (Å²) in [5.41, 5.74) is 1.85. The number of ether oxygens (including phenoxy) is 2. The summed E-state index contributed by atoms with van der Waals surface area (Å²) in [5.74, 6) is -0.590. The highest BCUT2D eigenvalue weighted by Crippen LogP contribution is 2.29. The van der Waals surface area contributed by atoms with E-state index in [-0.39, 0.29) is 18.4 Å². The molecule has 0 saturated heterocycles. The first-order valence-electron chi connectivity index (χ1n) is 11.2. The molecule has 178 valence electrons. The van der Waals surface area contributed by atoms with Gasteiger partial charge in [0.05, 0.1) is 13.2 Å². The number of amides is 2. The average Bonchev–Trinajstić information content (AvgIpc) is 2.87. The smallest absolute Gasteiger partial charge is 0.258 e. The Labute approximate surface area is 202 Å². The summed E-state index contributed by atoms with van der Waals surface area (Å²) in [6.07, 6.45) is 0. The third-order valence-corrected chi connectivity index (χ3v) is 5.25. The van der Waals surface area contributed by atoms with Crippen molar-refractivity contribution in [2.75, 3.05) is 25.1 Å². The zero-order valence-electron chi connectivity index (χ0n) is 19.0. The molecule has 0 aliphatic carbocycles. The molecule has 0 aliphatic rings. The summed E-state index contributed by atoms with van der Waals surface area (Å²) in [6, 6.07) is 26.0. The molecule has 2 N–H and O–H groups in total. The number of carbonyl (C=O) groups is 2. The molecule has 6 nitrogen and oxygen atoms in total. The van der Waals surface area contributed by atoms with Crippen molar-refractivity contribution in [2.45, 2.75) is 6.61 Å². The van der Waals surface area contributed by atoms with Gasteiger partial charge in [-0.05, 0) is 41.3 Å². The van der Waals surface area contributed by atoms with Gasteiger partial charge in [0, 0.05) is 23.2 Å². The van der Waals surface area contributed by atoms with Crippen LogP contribution in [0.3, 0.4) is 0 Å². The van der Waals surface area contributed by atoms with Gasteiger partial charge in [-0.1, -0.05) is 60.7 Å². The van der Waals surface area contributed by atoms with Crippen molar-refractivity contribution in [3.63, 3.8) is 0 Å². The zero-order chi connectivity index (χ0) is 24.5. The van der Waals surface area contributed by atoms with Gasteiger partial charge in [-0.25, -0.2) is 4.39 Å². The Morgan fingerprint density at radius 2 is 1.60 bits per heavy atom. The summed E-state index contributed by atoms with van der Waals surface area (Å²) in [6.45, 7) is 1.07. The van der Waals surface area contributed by atoms with Crippen molar-refractivity contribution in [3.8, 4) is 5.75 Å². The fraction of sp³-hybridized carbons (Fsp3) is 0.143. The van der Waals surface area contributed by atoms with Gasteiger partial charge in [-0.15, -0.1) is 0 Å². The molecule has 0 aromatic heterocycles. The number of carbonyl (C=O) groups excluding carboxylic acids is 2. The van der Waals surface area contributed by atoms with Crippen LogP contribution in [-0.2, 0) is 16.1 Å². The highest BCUT2D eigenvalue weighted by atomic mass is 19.1. The molecular formula is C28H25FN2O4. The fourth-order valence-corrected chi connectivity index (χ4v) is 3.58. The maximum absolute atomic E-state index is 13.5. The number of hydrogen-bond acceptors (Lipinski definition) is 4. The van der Waals surface area contributed by atoms with Crippen molar-refractivity contribution in [3.05, 3.63) is 108 Å². The normalized spacial score (nSPS) is 10.7. The molecule has 0 unspecified atom stereocenters. The van der Waals surface area contributed by atoms with Gasteiger partial charge in [-0.2, -0.15) is 0 Å². The molecule has 0 aliphatic heterocycles. The Balaban J connectivity index is 1.32. The number of hydrogen-bond donors (Lipinski definition) is 2. The molecule has 2 amide bonds. The largest absolute Gasteiger partial charge is 0.483 e. The quantitative estimate of drug-likeness (QED) is 0.321. The highest BCUT2D eigenvalue weighted by molar-refractivity contribution is 6.14. The molecule has 0 fully saturated rings. The Morgan fingerprint density at radius 3 is 2.40 bits per heavy atom. The standard InChI is InChI=1S/C28H25FN2O4/c29-21-9-6-10-22(17-21)31-28(33)25-13-14-26(24-12-5-4-11-23(24)25)35-19-27(32)30-15-16-34-18-20-7-2-1-3-8-20/h1-14,17H,15-16,18-19H2,(H,30,32)(H,31,33). The van der Waals surface area contributed by atoms with Gasteiger partial charge in [0.15, 0.2) is 6.61 Å². The predicted molar refractivity (Wildman–Crippen MR) is 133 cm³/mol. The lowest BCUT2D eigenvalue weighted by atomic mass is 10.0. The van der Waals surface area contributed by atoms with Gasteiger partial charge in [-0.3, -0.25) is 9.59 Å². The number of anilines is 1. The number of halogens is 1. The van der Waals surface area contributed by atoms with Crippen LogP contribution in [0.25, 0.3) is 10.8 Å². The summed E-state index contributed by atoms with van der Waals surface area (Å²) >= 11 is 0. The summed E-state index contributed by atoms with van der Waals surface area (Å²) in [5, 5.41) is 6.83. The minimum atomic E-state index is -0.433. The maximum atomic E-state index is 13.5. The number of benzene rings is 4. The van der Waals surface area contributed by atoms with Gasteiger partial charge < -0.3 is 20.1 Å². The Kier molecular flexibility index (Phi) is 8.04. The van der Waals surface area contributed by atoms with Crippen LogP contribution in [0, 0.1) is 5.82 Å². The molecule has 4 aromatic carbocycles. The summed E-state index contributed by atoms with van der Waals surface area (Å²) < 4.78 is 24.8. The first-order valence-corrected chi connectivity index (χ1v) is 11.2. The number of fused-ring (bicyclic) bond motifs is 1. The minimum Gasteiger partial charge on any atom is -0.483 e. The van der Waals surface area contributed by atoms with Gasteiger partial charge in [0.1, 0.15) is 11.6 Å². The van der Waals surface area contributed by atoms with E-state index in [9.17, 15) is 14.0 Å². The first kappa shape index (κ1) is 23.9. The van der Waals surface area contributed by atoms with E-state index in [4.69, 9.17) is 9.47 Å². The lowest BCUT2D eigenvalue weighted by molar-refractivity contribution is -0.123. The third kappa shape index (κ3) is 6.65. The van der Waals surface area contributed by atoms with E-state index in [1.807, 2.05) is 48.5 Å². The lowest BCUT2D eigenvalue weighted by Gasteiger charge is -2.13. The number of nitrogens with one attached hydrogen (secondary N) is 2. The van der Waals surface area contributed by atoms with Crippen LogP contribution >= 0.6 is 0 Å². The molecule has 0 saturated carbocycles. The van der Waals surface area contributed by atoms with Crippen molar-refractivity contribution >= 4 is 28.3 Å². The molecular weight excluding hydrogens is 447 g/mol. The first-order chi connectivity index (χ1) is 17.1. The Bertz CT molecular complexity index is 1310. The predicted octanol–water partition coefficient (Wildman–Crippen LogP) is 4.94. The topological polar surface area (TPSA) is 76.7 Å². The van der Waals surface area contributed by atoms with Crippen LogP contribution < -0.4 is 15.4 Å². The Morgan fingerprint density at radius 1 is 0.829 bits per heavy atom. The minimum absolute atomic E-state index is 0.169. The van der Waals surface area contributed by atoms with Gasteiger partial charge >= 0.3 is 0 Å². The van der Waals surface area contributed by atoms with Crippen molar-refractivity contribution in [2.24, 2.45) is 0 Å². The van der Waals surface area contributed by atoms with Crippen LogP contribution in [0.4, 0.5) is 10.1 Å². The van der Waals surface area contributed by atoms with Crippen LogP contribution in [0.2, 0.25) is 0 Å². The maximum Gasteiger partial charge on any atom is 0.258 e. The second-order valence-corrected chi connectivity index (χ2v) is 7.80. The molecule has 0 atom stereocenters. The molecule has 4 aromatic rings. The van der Waals surface area contributed by atoms with E-state index in [1.54, 1.807) is 24.3 Å². The van der Waals surface area contributed by atoms with E-state index in [0.29, 0.717) is 47.5 Å². The second-order valence-electron chi connectivity index (χ2n) is 7.80. The number of rotatable bonds is 10. The van der Waals surface area contributed by atoms with E-state index in [2.05, 4.69) is 10.6 Å². The van der Waals surface area contributed by atoms with E-state index in [1.165, 1.54) is 18.2 Å². The SMILES string of the molecule is O=C(COc1ccc(C(=O)Nc2cccc(F)c2)c2ccccc12)NCCOCc1ccccc1. The molecule has 0 spiro atoms. The molecule has 4 rings (SSSR count). The van der Waals surface area contributed by atoms with Crippen LogP contribution in [-0.4, -0.2) is 31.6 Å². The van der Waals surface area contributed by atoms with Crippen molar-refractivity contribution < 1.29 is 23.5 Å². The van der Waals surface area contributed by atoms with Crippen LogP contribution in [0.5, 0.6) is 5.75 Å². The fourth-order valence-electron chi connectivity index (χ4n) is 3.58. The summed E-state index contributed by atoms with van der Waals surface area (Å²) in [7, 11) is 0.